The van der Waals surface area contributed by atoms with Gasteiger partial charge < -0.3 is 0 Å². The van der Waals surface area contributed by atoms with Crippen LogP contribution in [0.15, 0.2) is 28.4 Å². The van der Waals surface area contributed by atoms with E-state index in [1.165, 1.54) is 16.9 Å². The van der Waals surface area contributed by atoms with Gasteiger partial charge in [-0.2, -0.15) is 5.26 Å². The Bertz CT molecular complexity index is 690. The summed E-state index contributed by atoms with van der Waals surface area (Å²) >= 11 is 1.51. The fourth-order valence-electron chi connectivity index (χ4n) is 1.83. The maximum Gasteiger partial charge on any atom is 0.157 e. The molecule has 0 aliphatic carbocycles. The molecule has 0 saturated heterocycles. The van der Waals surface area contributed by atoms with Gasteiger partial charge in [-0.05, 0) is 44.9 Å². The number of hydrogen-bond acceptors (Lipinski definition) is 4. The third-order valence-electron chi connectivity index (χ3n) is 3.08. The van der Waals surface area contributed by atoms with Crippen LogP contribution < -0.4 is 0 Å². The largest absolute Gasteiger partial charge is 0.192 e. The van der Waals surface area contributed by atoms with Gasteiger partial charge in [-0.1, -0.05) is 17.7 Å². The molecule has 4 heteroatoms. The number of azo groups is 1. The topological polar surface area (TPSA) is 48.5 Å². The Hall–Kier alpha value is -1.99. The minimum absolute atomic E-state index is 0.635. The highest BCUT2D eigenvalue weighted by Gasteiger charge is 2.11. The first kappa shape index (κ1) is 13.4. The van der Waals surface area contributed by atoms with Gasteiger partial charge in [0.1, 0.15) is 6.07 Å². The van der Waals surface area contributed by atoms with E-state index in [0.717, 1.165) is 21.7 Å². The Balaban J connectivity index is 2.38. The van der Waals surface area contributed by atoms with Crippen LogP contribution >= 0.6 is 11.3 Å². The summed E-state index contributed by atoms with van der Waals surface area (Å²) in [6.07, 6.45) is 0. The second kappa shape index (κ2) is 5.33. The fraction of sp³-hybridized carbons (Fsp3) is 0.267. The van der Waals surface area contributed by atoms with E-state index in [9.17, 15) is 0 Å². The van der Waals surface area contributed by atoms with Gasteiger partial charge in [-0.25, -0.2) is 0 Å². The molecule has 0 bridgehead atoms. The number of thiophene rings is 1. The van der Waals surface area contributed by atoms with Crippen LogP contribution in [0.3, 0.4) is 0 Å². The standard InChI is InChI=1S/C15H15N3S/c1-9-5-6-14(10(2)7-9)17-18-15-13(8-16)11(3)12(4)19-15/h5-7H,1-4H3. The van der Waals surface area contributed by atoms with Crippen LogP contribution in [0.25, 0.3) is 0 Å². The van der Waals surface area contributed by atoms with Crippen LogP contribution in [0.5, 0.6) is 0 Å². The van der Waals surface area contributed by atoms with Gasteiger partial charge in [0.15, 0.2) is 5.00 Å². The number of aryl methyl sites for hydroxylation is 3. The number of hydrogen-bond donors (Lipinski definition) is 0. The van der Waals surface area contributed by atoms with Gasteiger partial charge in [0.25, 0.3) is 0 Å². The molecule has 2 aromatic rings. The molecule has 0 N–H and O–H groups in total. The summed E-state index contributed by atoms with van der Waals surface area (Å²) in [6, 6.07) is 8.24. The van der Waals surface area contributed by atoms with E-state index in [2.05, 4.69) is 22.4 Å². The van der Waals surface area contributed by atoms with Crippen LogP contribution in [-0.4, -0.2) is 0 Å². The Labute approximate surface area is 117 Å². The van der Waals surface area contributed by atoms with Crippen molar-refractivity contribution in [3.63, 3.8) is 0 Å². The first-order valence-electron chi connectivity index (χ1n) is 6.02. The van der Waals surface area contributed by atoms with Crippen molar-refractivity contribution < 1.29 is 0 Å². The molecule has 1 heterocycles. The van der Waals surface area contributed by atoms with Crippen molar-refractivity contribution in [2.75, 3.05) is 0 Å². The minimum Gasteiger partial charge on any atom is -0.192 e. The molecule has 0 aliphatic rings. The molecule has 0 atom stereocenters. The number of rotatable bonds is 2. The molecule has 0 aliphatic heterocycles. The third kappa shape index (κ3) is 2.72. The Morgan fingerprint density at radius 1 is 1.11 bits per heavy atom. The van der Waals surface area contributed by atoms with Gasteiger partial charge in [0.2, 0.25) is 0 Å². The van der Waals surface area contributed by atoms with Gasteiger partial charge in [-0.3, -0.25) is 0 Å². The summed E-state index contributed by atoms with van der Waals surface area (Å²) < 4.78 is 0. The number of benzene rings is 1. The Morgan fingerprint density at radius 3 is 2.47 bits per heavy atom. The first-order chi connectivity index (χ1) is 9.02. The molecule has 1 aromatic heterocycles. The van der Waals surface area contributed by atoms with Gasteiger partial charge >= 0.3 is 0 Å². The molecule has 0 fully saturated rings. The van der Waals surface area contributed by atoms with E-state index in [0.29, 0.717) is 10.6 Å². The second-order valence-electron chi connectivity index (χ2n) is 4.57. The number of nitriles is 1. The molecule has 96 valence electrons. The third-order valence-corrected chi connectivity index (χ3v) is 4.17. The lowest BCUT2D eigenvalue weighted by atomic mass is 10.1. The van der Waals surface area contributed by atoms with Crippen LogP contribution in [0, 0.1) is 39.0 Å². The monoisotopic (exact) mass is 269 g/mol. The molecule has 1 aromatic carbocycles. The summed E-state index contributed by atoms with van der Waals surface area (Å²) in [5, 5.41) is 18.4. The van der Waals surface area contributed by atoms with Crippen molar-refractivity contribution in [2.24, 2.45) is 10.2 Å². The van der Waals surface area contributed by atoms with Crippen molar-refractivity contribution >= 4 is 22.0 Å². The molecule has 0 amide bonds. The summed E-state index contributed by atoms with van der Waals surface area (Å²) in [5.74, 6) is 0. The first-order valence-corrected chi connectivity index (χ1v) is 6.83. The van der Waals surface area contributed by atoms with Crippen LogP contribution in [0.1, 0.15) is 27.1 Å². The van der Waals surface area contributed by atoms with E-state index >= 15 is 0 Å². The van der Waals surface area contributed by atoms with E-state index in [-0.39, 0.29) is 0 Å². The normalized spacial score (nSPS) is 10.9. The predicted octanol–water partition coefficient (Wildman–Crippen LogP) is 5.27. The maximum absolute atomic E-state index is 9.16. The van der Waals surface area contributed by atoms with E-state index in [4.69, 9.17) is 5.26 Å². The molecule has 19 heavy (non-hydrogen) atoms. The zero-order valence-corrected chi connectivity index (χ0v) is 12.3. The van der Waals surface area contributed by atoms with E-state index in [1.807, 2.05) is 39.8 Å². The SMILES string of the molecule is Cc1ccc(N=Nc2sc(C)c(C)c2C#N)c(C)c1. The minimum atomic E-state index is 0.635. The molecule has 0 saturated carbocycles. The summed E-state index contributed by atoms with van der Waals surface area (Å²) in [4.78, 5) is 1.12. The van der Waals surface area contributed by atoms with E-state index in [1.54, 1.807) is 0 Å². The quantitative estimate of drug-likeness (QED) is 0.685. The van der Waals surface area contributed by atoms with Gasteiger partial charge in [0, 0.05) is 4.88 Å². The van der Waals surface area contributed by atoms with Crippen molar-refractivity contribution in [2.45, 2.75) is 27.7 Å². The molecule has 0 spiro atoms. The average Bonchev–Trinajstić information content (AvgIpc) is 2.63. The number of nitrogens with zero attached hydrogens (tertiary/aromatic N) is 3. The summed E-state index contributed by atoms with van der Waals surface area (Å²) in [5.41, 5.74) is 4.78. The zero-order chi connectivity index (χ0) is 14.0. The maximum atomic E-state index is 9.16. The lowest BCUT2D eigenvalue weighted by molar-refractivity contribution is 1.21. The predicted molar refractivity (Wildman–Crippen MR) is 78.6 cm³/mol. The molecular formula is C15H15N3S. The highest BCUT2D eigenvalue weighted by molar-refractivity contribution is 7.16. The summed E-state index contributed by atoms with van der Waals surface area (Å²) in [7, 11) is 0. The van der Waals surface area contributed by atoms with Crippen molar-refractivity contribution in [1.29, 1.82) is 5.26 Å². The van der Waals surface area contributed by atoms with Crippen LogP contribution in [-0.2, 0) is 0 Å². The lowest BCUT2D eigenvalue weighted by Crippen LogP contribution is -1.77. The molecule has 0 radical (unpaired) electrons. The van der Waals surface area contributed by atoms with Crippen molar-refractivity contribution in [3.8, 4) is 6.07 Å². The Morgan fingerprint density at radius 2 is 1.84 bits per heavy atom. The lowest BCUT2D eigenvalue weighted by Gasteiger charge is -1.99. The average molecular weight is 269 g/mol. The van der Waals surface area contributed by atoms with Crippen molar-refractivity contribution in [1.82, 2.24) is 0 Å². The Kier molecular flexibility index (Phi) is 3.77. The molecule has 2 rings (SSSR count). The van der Waals surface area contributed by atoms with Crippen molar-refractivity contribution in [3.05, 3.63) is 45.3 Å². The fourth-order valence-corrected chi connectivity index (χ4v) is 2.76. The smallest absolute Gasteiger partial charge is 0.157 e. The van der Waals surface area contributed by atoms with Gasteiger partial charge in [-0.15, -0.1) is 21.6 Å². The van der Waals surface area contributed by atoms with E-state index < -0.39 is 0 Å². The molecular weight excluding hydrogens is 254 g/mol. The highest BCUT2D eigenvalue weighted by Crippen LogP contribution is 2.35. The molecule has 0 unspecified atom stereocenters. The zero-order valence-electron chi connectivity index (χ0n) is 11.5. The van der Waals surface area contributed by atoms with Crippen LogP contribution in [0.2, 0.25) is 0 Å². The van der Waals surface area contributed by atoms with Crippen LogP contribution in [0.4, 0.5) is 10.7 Å². The molecule has 3 nitrogen and oxygen atoms in total. The highest BCUT2D eigenvalue weighted by atomic mass is 32.1. The van der Waals surface area contributed by atoms with Gasteiger partial charge in [0.05, 0.1) is 11.3 Å². The summed E-state index contributed by atoms with van der Waals surface area (Å²) in [6.45, 7) is 8.00. The second-order valence-corrected chi connectivity index (χ2v) is 5.77.